The number of amides is 1. The van der Waals surface area contributed by atoms with Crippen molar-refractivity contribution in [3.63, 3.8) is 0 Å². The highest BCUT2D eigenvalue weighted by Gasteiger charge is 2.25. The summed E-state index contributed by atoms with van der Waals surface area (Å²) in [6, 6.07) is 7.29. The Morgan fingerprint density at radius 3 is 2.67 bits per heavy atom. The number of carbonyl (C=O) groups is 1. The molecule has 0 unspecified atom stereocenters. The fraction of sp³-hybridized carbons (Fsp3) is 0.200. The number of aryl methyl sites for hydroxylation is 1. The van der Waals surface area contributed by atoms with Crippen molar-refractivity contribution in [3.8, 4) is 11.5 Å². The van der Waals surface area contributed by atoms with Gasteiger partial charge in [-0.2, -0.15) is 0 Å². The first-order chi connectivity index (χ1) is 9.88. The molecule has 0 bridgehead atoms. The third kappa shape index (κ3) is 3.22. The molecule has 0 spiro atoms. The predicted molar refractivity (Wildman–Crippen MR) is 75.1 cm³/mol. The van der Waals surface area contributed by atoms with Gasteiger partial charge in [0.15, 0.2) is 5.76 Å². The van der Waals surface area contributed by atoms with Gasteiger partial charge in [0.1, 0.15) is 11.5 Å². The topological polar surface area (TPSA) is 114 Å². The van der Waals surface area contributed by atoms with E-state index in [0.29, 0.717) is 11.3 Å². The smallest absolute Gasteiger partial charge is 0.227 e. The monoisotopic (exact) mass is 289 g/mol. The number of phenols is 1. The Hall–Kier alpha value is -2.76. The Morgan fingerprint density at radius 1 is 1.33 bits per heavy atom. The number of carbonyl (C=O) groups excluding carboxylic acids is 1. The molecule has 2 rings (SSSR count). The zero-order valence-electron chi connectivity index (χ0n) is 11.4. The molecule has 1 heterocycles. The first-order valence-electron chi connectivity index (χ1n) is 6.29. The number of nitrogens with two attached hydrogens (primary N) is 1. The Balaban J connectivity index is 2.61. The van der Waals surface area contributed by atoms with Crippen molar-refractivity contribution in [1.29, 1.82) is 0 Å². The van der Waals surface area contributed by atoms with Crippen LogP contribution in [0.5, 0.6) is 11.5 Å². The van der Waals surface area contributed by atoms with E-state index in [1.54, 1.807) is 19.1 Å². The van der Waals surface area contributed by atoms with Gasteiger partial charge in [-0.3, -0.25) is 9.59 Å². The highest BCUT2D eigenvalue weighted by molar-refractivity contribution is 5.75. The molecule has 0 aliphatic heterocycles. The molecule has 21 heavy (non-hydrogen) atoms. The van der Waals surface area contributed by atoms with Crippen molar-refractivity contribution in [1.82, 2.24) is 0 Å². The summed E-state index contributed by atoms with van der Waals surface area (Å²) in [5.41, 5.74) is 5.15. The lowest BCUT2D eigenvalue weighted by Crippen LogP contribution is -2.17. The molecule has 0 saturated carbocycles. The number of rotatable bonds is 4. The van der Waals surface area contributed by atoms with Crippen LogP contribution in [0.2, 0.25) is 0 Å². The van der Waals surface area contributed by atoms with Gasteiger partial charge in [-0.05, 0) is 24.6 Å². The summed E-state index contributed by atoms with van der Waals surface area (Å²) in [5.74, 6) is -1.66. The van der Waals surface area contributed by atoms with Crippen LogP contribution >= 0.6 is 0 Å². The van der Waals surface area contributed by atoms with E-state index in [9.17, 15) is 19.8 Å². The zero-order chi connectivity index (χ0) is 15.6. The number of primary amides is 1. The van der Waals surface area contributed by atoms with Crippen molar-refractivity contribution in [3.05, 3.63) is 57.6 Å². The SMILES string of the molecule is Cc1cc(=O)c(O)c([C@H](CC(N)=O)c2cccc(O)c2)o1. The lowest BCUT2D eigenvalue weighted by Gasteiger charge is -2.16. The summed E-state index contributed by atoms with van der Waals surface area (Å²) in [4.78, 5) is 23.0. The highest BCUT2D eigenvalue weighted by Crippen LogP contribution is 2.33. The normalized spacial score (nSPS) is 12.0. The van der Waals surface area contributed by atoms with Crippen molar-refractivity contribution < 1.29 is 19.4 Å². The van der Waals surface area contributed by atoms with Gasteiger partial charge in [0.2, 0.25) is 17.1 Å². The van der Waals surface area contributed by atoms with Crippen molar-refractivity contribution >= 4 is 5.91 Å². The Bertz CT molecular complexity index is 735. The number of benzene rings is 1. The van der Waals surface area contributed by atoms with E-state index in [1.807, 2.05) is 0 Å². The first-order valence-corrected chi connectivity index (χ1v) is 6.29. The quantitative estimate of drug-likeness (QED) is 0.786. The van der Waals surface area contributed by atoms with Gasteiger partial charge in [-0.25, -0.2) is 0 Å². The van der Waals surface area contributed by atoms with Gasteiger partial charge in [0, 0.05) is 12.5 Å². The molecule has 6 heteroatoms. The third-order valence-electron chi connectivity index (χ3n) is 3.07. The fourth-order valence-electron chi connectivity index (χ4n) is 2.17. The molecule has 4 N–H and O–H groups in total. The molecule has 0 aliphatic carbocycles. The average Bonchev–Trinajstić information content (AvgIpc) is 2.40. The van der Waals surface area contributed by atoms with Crippen molar-refractivity contribution in [2.24, 2.45) is 5.73 Å². The largest absolute Gasteiger partial charge is 0.508 e. The molecule has 2 aromatic rings. The van der Waals surface area contributed by atoms with E-state index in [2.05, 4.69) is 0 Å². The van der Waals surface area contributed by atoms with Crippen LogP contribution in [0.4, 0.5) is 0 Å². The minimum atomic E-state index is -0.748. The minimum Gasteiger partial charge on any atom is -0.508 e. The van der Waals surface area contributed by atoms with Gasteiger partial charge < -0.3 is 20.4 Å². The van der Waals surface area contributed by atoms with Gasteiger partial charge in [-0.1, -0.05) is 12.1 Å². The summed E-state index contributed by atoms with van der Waals surface area (Å²) in [5, 5.41) is 19.5. The maximum absolute atomic E-state index is 11.7. The summed E-state index contributed by atoms with van der Waals surface area (Å²) < 4.78 is 5.41. The molecular weight excluding hydrogens is 274 g/mol. The first kappa shape index (κ1) is 14.6. The zero-order valence-corrected chi connectivity index (χ0v) is 11.4. The standard InChI is InChI=1S/C15H15NO5/c1-8-5-12(18)14(20)15(21-8)11(7-13(16)19)9-3-2-4-10(17)6-9/h2-6,11,17,20H,7H2,1H3,(H2,16,19)/t11-/m1/s1. The highest BCUT2D eigenvalue weighted by atomic mass is 16.4. The van der Waals surface area contributed by atoms with E-state index in [-0.39, 0.29) is 17.9 Å². The summed E-state index contributed by atoms with van der Waals surface area (Å²) in [6.07, 6.45) is -0.163. The summed E-state index contributed by atoms with van der Waals surface area (Å²) in [7, 11) is 0. The molecule has 1 amide bonds. The van der Waals surface area contributed by atoms with E-state index in [4.69, 9.17) is 10.2 Å². The van der Waals surface area contributed by atoms with Crippen LogP contribution in [0.25, 0.3) is 0 Å². The van der Waals surface area contributed by atoms with Crippen molar-refractivity contribution in [2.75, 3.05) is 0 Å². The molecule has 110 valence electrons. The Morgan fingerprint density at radius 2 is 2.05 bits per heavy atom. The second-order valence-electron chi connectivity index (χ2n) is 4.75. The maximum Gasteiger partial charge on any atom is 0.227 e. The minimum absolute atomic E-state index is 0.00328. The number of phenolic OH excluding ortho intramolecular Hbond substituents is 1. The second-order valence-corrected chi connectivity index (χ2v) is 4.75. The molecule has 0 aliphatic rings. The molecule has 0 fully saturated rings. The summed E-state index contributed by atoms with van der Waals surface area (Å²) >= 11 is 0. The Kier molecular flexibility index (Phi) is 3.98. The summed E-state index contributed by atoms with van der Waals surface area (Å²) in [6.45, 7) is 1.56. The van der Waals surface area contributed by atoms with Crippen LogP contribution in [0.3, 0.4) is 0 Å². The Labute approximate surface area is 120 Å². The van der Waals surface area contributed by atoms with Gasteiger partial charge >= 0.3 is 0 Å². The van der Waals surface area contributed by atoms with E-state index < -0.39 is 23.0 Å². The second kappa shape index (κ2) is 5.70. The predicted octanol–water partition coefficient (Wildman–Crippen LogP) is 1.37. The molecular formula is C15H15NO5. The number of hydrogen-bond donors (Lipinski definition) is 3. The maximum atomic E-state index is 11.7. The molecule has 0 saturated heterocycles. The fourth-order valence-corrected chi connectivity index (χ4v) is 2.17. The van der Waals surface area contributed by atoms with E-state index in [1.165, 1.54) is 12.1 Å². The average molecular weight is 289 g/mol. The van der Waals surface area contributed by atoms with Crippen LogP contribution in [0.15, 0.2) is 39.5 Å². The van der Waals surface area contributed by atoms with Gasteiger partial charge in [0.25, 0.3) is 0 Å². The van der Waals surface area contributed by atoms with Crippen molar-refractivity contribution in [2.45, 2.75) is 19.3 Å². The molecule has 6 nitrogen and oxygen atoms in total. The third-order valence-corrected chi connectivity index (χ3v) is 3.07. The number of aromatic hydroxyl groups is 2. The van der Waals surface area contributed by atoms with Gasteiger partial charge in [-0.15, -0.1) is 0 Å². The molecule has 1 aromatic carbocycles. The van der Waals surface area contributed by atoms with Crippen LogP contribution in [0.1, 0.15) is 29.4 Å². The molecule has 1 atom stereocenters. The van der Waals surface area contributed by atoms with Gasteiger partial charge in [0.05, 0.1) is 5.92 Å². The van der Waals surface area contributed by atoms with Crippen LogP contribution in [0, 0.1) is 6.92 Å². The lowest BCUT2D eigenvalue weighted by atomic mass is 9.92. The van der Waals surface area contributed by atoms with E-state index >= 15 is 0 Å². The van der Waals surface area contributed by atoms with E-state index in [0.717, 1.165) is 6.07 Å². The lowest BCUT2D eigenvalue weighted by molar-refractivity contribution is -0.118. The molecule has 1 aromatic heterocycles. The molecule has 0 radical (unpaired) electrons. The van der Waals surface area contributed by atoms with Crippen LogP contribution in [-0.2, 0) is 4.79 Å². The van der Waals surface area contributed by atoms with Crippen LogP contribution < -0.4 is 11.2 Å². The number of hydrogen-bond acceptors (Lipinski definition) is 5. The van der Waals surface area contributed by atoms with Crippen LogP contribution in [-0.4, -0.2) is 16.1 Å².